The normalized spacial score (nSPS) is 27.9. The maximum atomic E-state index is 12.5. The Morgan fingerprint density at radius 1 is 1.39 bits per heavy atom. The molecule has 8 nitrogen and oxygen atoms in total. The van der Waals surface area contributed by atoms with Crippen LogP contribution >= 0.6 is 0 Å². The van der Waals surface area contributed by atoms with Crippen molar-refractivity contribution in [1.29, 1.82) is 0 Å². The SMILES string of the molecule is C[C@H]1CC[C@@H](CNC(=O)CC2(n3cnnn3)CCOCC2)N1C. The van der Waals surface area contributed by atoms with E-state index in [4.69, 9.17) is 4.74 Å². The van der Waals surface area contributed by atoms with Crippen molar-refractivity contribution in [3.63, 3.8) is 0 Å². The number of aromatic nitrogens is 4. The Morgan fingerprint density at radius 2 is 2.17 bits per heavy atom. The Balaban J connectivity index is 1.58. The third kappa shape index (κ3) is 3.53. The van der Waals surface area contributed by atoms with Crippen LogP contribution in [0.25, 0.3) is 0 Å². The first-order valence-corrected chi connectivity index (χ1v) is 8.40. The van der Waals surface area contributed by atoms with Gasteiger partial charge >= 0.3 is 0 Å². The third-order valence-corrected chi connectivity index (χ3v) is 5.47. The Bertz CT molecular complexity index is 514. The summed E-state index contributed by atoms with van der Waals surface area (Å²) in [6.07, 6.45) is 5.85. The van der Waals surface area contributed by atoms with Crippen LogP contribution in [0.4, 0.5) is 0 Å². The molecule has 1 aromatic heterocycles. The van der Waals surface area contributed by atoms with Crippen molar-refractivity contribution in [3.05, 3.63) is 6.33 Å². The summed E-state index contributed by atoms with van der Waals surface area (Å²) in [7, 11) is 2.13. The number of carbonyl (C=O) groups excluding carboxylic acids is 1. The lowest BCUT2D eigenvalue weighted by Gasteiger charge is -2.36. The van der Waals surface area contributed by atoms with Crippen LogP contribution in [-0.4, -0.2) is 69.9 Å². The first-order valence-electron chi connectivity index (χ1n) is 8.40. The molecule has 0 aromatic carbocycles. The van der Waals surface area contributed by atoms with Gasteiger partial charge in [-0.05, 0) is 50.1 Å². The first kappa shape index (κ1) is 16.3. The Hall–Kier alpha value is -1.54. The van der Waals surface area contributed by atoms with Crippen LogP contribution in [0.2, 0.25) is 0 Å². The van der Waals surface area contributed by atoms with Crippen molar-refractivity contribution in [2.75, 3.05) is 26.8 Å². The number of likely N-dealkylation sites (N-methyl/N-ethyl adjacent to an activating group) is 1. The number of amides is 1. The van der Waals surface area contributed by atoms with Crippen LogP contribution in [-0.2, 0) is 15.1 Å². The Kier molecular flexibility index (Phi) is 4.91. The monoisotopic (exact) mass is 322 g/mol. The molecule has 0 bridgehead atoms. The molecule has 23 heavy (non-hydrogen) atoms. The summed E-state index contributed by atoms with van der Waals surface area (Å²) in [5, 5.41) is 14.6. The summed E-state index contributed by atoms with van der Waals surface area (Å²) in [4.78, 5) is 14.9. The van der Waals surface area contributed by atoms with Crippen LogP contribution in [0.15, 0.2) is 6.33 Å². The number of ether oxygens (including phenoxy) is 1. The van der Waals surface area contributed by atoms with Gasteiger partial charge in [0.05, 0.1) is 12.0 Å². The quantitative estimate of drug-likeness (QED) is 0.832. The van der Waals surface area contributed by atoms with Crippen molar-refractivity contribution in [3.8, 4) is 0 Å². The molecule has 0 spiro atoms. The van der Waals surface area contributed by atoms with Crippen molar-refractivity contribution in [2.24, 2.45) is 0 Å². The molecule has 0 unspecified atom stereocenters. The number of tetrazole rings is 1. The van der Waals surface area contributed by atoms with Crippen LogP contribution in [0, 0.1) is 0 Å². The van der Waals surface area contributed by atoms with Gasteiger partial charge in [-0.25, -0.2) is 4.68 Å². The zero-order chi connectivity index (χ0) is 16.3. The van der Waals surface area contributed by atoms with Crippen molar-refractivity contribution in [1.82, 2.24) is 30.4 Å². The number of hydrogen-bond acceptors (Lipinski definition) is 6. The fraction of sp³-hybridized carbons (Fsp3) is 0.867. The molecule has 2 atom stereocenters. The van der Waals surface area contributed by atoms with E-state index in [1.807, 2.05) is 0 Å². The van der Waals surface area contributed by atoms with E-state index in [2.05, 4.69) is 39.7 Å². The van der Waals surface area contributed by atoms with E-state index in [1.54, 1.807) is 11.0 Å². The van der Waals surface area contributed by atoms with Gasteiger partial charge in [0.15, 0.2) is 0 Å². The van der Waals surface area contributed by atoms with E-state index in [0.29, 0.717) is 38.3 Å². The molecule has 1 amide bonds. The summed E-state index contributed by atoms with van der Waals surface area (Å²) in [6, 6.07) is 1.03. The fourth-order valence-electron chi connectivity index (χ4n) is 3.66. The lowest BCUT2D eigenvalue weighted by molar-refractivity contribution is -0.125. The molecular weight excluding hydrogens is 296 g/mol. The molecule has 1 N–H and O–H groups in total. The molecule has 2 aliphatic heterocycles. The summed E-state index contributed by atoms with van der Waals surface area (Å²) >= 11 is 0. The van der Waals surface area contributed by atoms with Gasteiger partial charge in [0.1, 0.15) is 6.33 Å². The van der Waals surface area contributed by atoms with Gasteiger partial charge in [-0.15, -0.1) is 5.10 Å². The highest BCUT2D eigenvalue weighted by atomic mass is 16.5. The number of carbonyl (C=O) groups is 1. The van der Waals surface area contributed by atoms with Gasteiger partial charge in [-0.1, -0.05) is 0 Å². The molecule has 128 valence electrons. The smallest absolute Gasteiger partial charge is 0.222 e. The molecule has 3 rings (SSSR count). The third-order valence-electron chi connectivity index (χ3n) is 5.47. The number of rotatable bonds is 5. The summed E-state index contributed by atoms with van der Waals surface area (Å²) < 4.78 is 7.19. The van der Waals surface area contributed by atoms with E-state index in [-0.39, 0.29) is 11.4 Å². The summed E-state index contributed by atoms with van der Waals surface area (Å²) in [5.74, 6) is 0.0651. The van der Waals surface area contributed by atoms with Gasteiger partial charge in [-0.3, -0.25) is 9.69 Å². The summed E-state index contributed by atoms with van der Waals surface area (Å²) in [6.45, 7) is 4.21. The minimum absolute atomic E-state index is 0.0651. The Morgan fingerprint density at radius 3 is 2.78 bits per heavy atom. The van der Waals surface area contributed by atoms with Crippen LogP contribution in [0.3, 0.4) is 0 Å². The number of nitrogens with zero attached hydrogens (tertiary/aromatic N) is 5. The maximum Gasteiger partial charge on any atom is 0.222 e. The average molecular weight is 322 g/mol. The van der Waals surface area contributed by atoms with Gasteiger partial charge in [0.2, 0.25) is 5.91 Å². The van der Waals surface area contributed by atoms with Gasteiger partial charge in [-0.2, -0.15) is 0 Å². The molecule has 0 aliphatic carbocycles. The largest absolute Gasteiger partial charge is 0.381 e. The lowest BCUT2D eigenvalue weighted by Crippen LogP contribution is -2.46. The van der Waals surface area contributed by atoms with Crippen molar-refractivity contribution >= 4 is 5.91 Å². The number of nitrogens with one attached hydrogen (secondary N) is 1. The molecule has 2 saturated heterocycles. The van der Waals surface area contributed by atoms with Crippen molar-refractivity contribution < 1.29 is 9.53 Å². The highest BCUT2D eigenvalue weighted by molar-refractivity contribution is 5.77. The fourth-order valence-corrected chi connectivity index (χ4v) is 3.66. The molecule has 2 aliphatic rings. The van der Waals surface area contributed by atoms with E-state index in [9.17, 15) is 4.79 Å². The zero-order valence-corrected chi connectivity index (χ0v) is 13.9. The van der Waals surface area contributed by atoms with E-state index < -0.39 is 0 Å². The van der Waals surface area contributed by atoms with E-state index >= 15 is 0 Å². The average Bonchev–Trinajstić information content (AvgIpc) is 3.19. The molecule has 0 radical (unpaired) electrons. The number of hydrogen-bond donors (Lipinski definition) is 1. The van der Waals surface area contributed by atoms with Crippen LogP contribution in [0.1, 0.15) is 39.0 Å². The standard InChI is InChI=1S/C15H26N6O2/c1-12-3-4-13(20(12)2)10-16-14(22)9-15(5-7-23-8-6-15)21-11-17-18-19-21/h11-13H,3-10H2,1-2H3,(H,16,22)/t12-,13-/m0/s1. The van der Waals surface area contributed by atoms with E-state index in [1.165, 1.54) is 6.42 Å². The second kappa shape index (κ2) is 6.92. The zero-order valence-electron chi connectivity index (χ0n) is 13.9. The van der Waals surface area contributed by atoms with Gasteiger partial charge in [0.25, 0.3) is 0 Å². The second-order valence-corrected chi connectivity index (χ2v) is 6.82. The van der Waals surface area contributed by atoms with Crippen LogP contribution in [0.5, 0.6) is 0 Å². The molecular formula is C15H26N6O2. The summed E-state index contributed by atoms with van der Waals surface area (Å²) in [5.41, 5.74) is -0.360. The lowest BCUT2D eigenvalue weighted by atomic mass is 9.86. The predicted molar refractivity (Wildman–Crippen MR) is 83.7 cm³/mol. The molecule has 1 aromatic rings. The van der Waals surface area contributed by atoms with E-state index in [0.717, 1.165) is 19.3 Å². The molecule has 3 heterocycles. The Labute approximate surface area is 136 Å². The molecule has 8 heteroatoms. The molecule has 2 fully saturated rings. The maximum absolute atomic E-state index is 12.5. The minimum Gasteiger partial charge on any atom is -0.381 e. The second-order valence-electron chi connectivity index (χ2n) is 6.82. The van der Waals surface area contributed by atoms with Crippen molar-refractivity contribution in [2.45, 2.75) is 56.7 Å². The van der Waals surface area contributed by atoms with Gasteiger partial charge < -0.3 is 10.1 Å². The molecule has 0 saturated carbocycles. The number of likely N-dealkylation sites (tertiary alicyclic amines) is 1. The van der Waals surface area contributed by atoms with Gasteiger partial charge in [0, 0.05) is 31.8 Å². The first-order chi connectivity index (χ1) is 11.1. The topological polar surface area (TPSA) is 85.2 Å². The predicted octanol–water partition coefficient (Wildman–Crippen LogP) is 0.168. The highest BCUT2D eigenvalue weighted by Gasteiger charge is 2.38. The highest BCUT2D eigenvalue weighted by Crippen LogP contribution is 2.31. The van der Waals surface area contributed by atoms with Crippen LogP contribution < -0.4 is 5.32 Å². The minimum atomic E-state index is -0.360.